The summed E-state index contributed by atoms with van der Waals surface area (Å²) in [6.07, 6.45) is 52.8. The van der Waals surface area contributed by atoms with Gasteiger partial charge in [0, 0.05) is 6.42 Å². The predicted octanol–water partition coefficient (Wildman–Crippen LogP) is 10.3. The van der Waals surface area contributed by atoms with E-state index in [1.807, 2.05) is 6.08 Å². The van der Waals surface area contributed by atoms with Gasteiger partial charge in [0.25, 0.3) is 0 Å². The zero-order valence-electron chi connectivity index (χ0n) is 37.9. The van der Waals surface area contributed by atoms with Crippen molar-refractivity contribution in [2.24, 2.45) is 0 Å². The highest BCUT2D eigenvalue weighted by molar-refractivity contribution is 5.76. The van der Waals surface area contributed by atoms with E-state index in [0.717, 1.165) is 109 Å². The molecule has 1 amide bonds. The van der Waals surface area contributed by atoms with Crippen molar-refractivity contribution >= 4 is 5.91 Å². The number of allylic oxidation sites excluding steroid dienone is 17. The lowest BCUT2D eigenvalue weighted by Crippen LogP contribution is -2.60. The first-order valence-electron chi connectivity index (χ1n) is 23.6. The third-order valence-electron chi connectivity index (χ3n) is 10.3. The number of hydrogen-bond acceptors (Lipinski definition) is 8. The van der Waals surface area contributed by atoms with Crippen molar-refractivity contribution in [1.82, 2.24) is 5.32 Å². The molecule has 1 saturated heterocycles. The molecule has 0 aromatic rings. The van der Waals surface area contributed by atoms with Gasteiger partial charge >= 0.3 is 0 Å². The smallest absolute Gasteiger partial charge is 0.220 e. The highest BCUT2D eigenvalue weighted by Crippen LogP contribution is 2.22. The molecule has 0 aromatic carbocycles. The van der Waals surface area contributed by atoms with Gasteiger partial charge in [0.15, 0.2) is 6.29 Å². The number of hydrogen-bond donors (Lipinski definition) is 6. The van der Waals surface area contributed by atoms with Crippen LogP contribution in [0.25, 0.3) is 0 Å². The van der Waals surface area contributed by atoms with E-state index in [1.165, 1.54) is 25.7 Å². The fraction of sp³-hybridized carbons (Fsp3) is 0.635. The van der Waals surface area contributed by atoms with E-state index >= 15 is 0 Å². The van der Waals surface area contributed by atoms with Crippen LogP contribution in [0.5, 0.6) is 0 Å². The second-order valence-corrected chi connectivity index (χ2v) is 15.8. The van der Waals surface area contributed by atoms with E-state index in [4.69, 9.17) is 9.47 Å². The molecule has 7 unspecified atom stereocenters. The minimum Gasteiger partial charge on any atom is -0.394 e. The van der Waals surface area contributed by atoms with Crippen LogP contribution < -0.4 is 5.32 Å². The quantitative estimate of drug-likeness (QED) is 0.0267. The fourth-order valence-corrected chi connectivity index (χ4v) is 6.55. The molecule has 6 N–H and O–H groups in total. The van der Waals surface area contributed by atoms with Crippen molar-refractivity contribution in [1.29, 1.82) is 0 Å². The molecule has 61 heavy (non-hydrogen) atoms. The summed E-state index contributed by atoms with van der Waals surface area (Å²) < 4.78 is 11.2. The summed E-state index contributed by atoms with van der Waals surface area (Å²) in [6, 6.07) is -0.838. The van der Waals surface area contributed by atoms with Crippen LogP contribution in [0, 0.1) is 0 Å². The van der Waals surface area contributed by atoms with Crippen LogP contribution in [0.3, 0.4) is 0 Å². The minimum absolute atomic E-state index is 0.208. The van der Waals surface area contributed by atoms with Gasteiger partial charge in [-0.15, -0.1) is 0 Å². The molecule has 9 heteroatoms. The molecule has 346 valence electrons. The number of carbonyl (C=O) groups is 1. The van der Waals surface area contributed by atoms with Gasteiger partial charge < -0.3 is 40.3 Å². The summed E-state index contributed by atoms with van der Waals surface area (Å²) in [6.45, 7) is 3.53. The van der Waals surface area contributed by atoms with Gasteiger partial charge in [-0.05, 0) is 89.9 Å². The lowest BCUT2D eigenvalue weighted by molar-refractivity contribution is -0.302. The Morgan fingerprint density at radius 3 is 1.56 bits per heavy atom. The molecular weight excluding hydrogens is 767 g/mol. The molecular formula is C52H85NO8. The topological polar surface area (TPSA) is 149 Å². The summed E-state index contributed by atoms with van der Waals surface area (Å²) in [5.41, 5.74) is 0. The summed E-state index contributed by atoms with van der Waals surface area (Å²) in [4.78, 5) is 12.9. The summed E-state index contributed by atoms with van der Waals surface area (Å²) in [5.74, 6) is -0.208. The lowest BCUT2D eigenvalue weighted by Gasteiger charge is -2.40. The normalized spacial score (nSPS) is 21.5. The Morgan fingerprint density at radius 1 is 0.574 bits per heavy atom. The molecule has 0 spiro atoms. The van der Waals surface area contributed by atoms with Crippen molar-refractivity contribution in [2.75, 3.05) is 13.2 Å². The Labute approximate surface area is 370 Å². The first-order valence-corrected chi connectivity index (χ1v) is 23.6. The number of aliphatic hydroxyl groups is 5. The largest absolute Gasteiger partial charge is 0.394 e. The summed E-state index contributed by atoms with van der Waals surface area (Å²) >= 11 is 0. The average molecular weight is 852 g/mol. The van der Waals surface area contributed by atoms with Crippen molar-refractivity contribution in [3.8, 4) is 0 Å². The van der Waals surface area contributed by atoms with Gasteiger partial charge in [0.05, 0.1) is 25.4 Å². The molecule has 1 aliphatic heterocycles. The zero-order chi connectivity index (χ0) is 44.4. The Bertz CT molecular complexity index is 1310. The molecule has 7 atom stereocenters. The second-order valence-electron chi connectivity index (χ2n) is 15.8. The van der Waals surface area contributed by atoms with Crippen molar-refractivity contribution < 1.29 is 39.8 Å². The van der Waals surface area contributed by atoms with Crippen LogP contribution in [0.1, 0.15) is 155 Å². The monoisotopic (exact) mass is 852 g/mol. The SMILES string of the molecule is CC/C=C\C/C=C\C/C=C\C/C=C\C/C=C\C/C=C\CCCCCCCCCCC(=O)NC(COC1OC(CO)C(O)C(O)C1O)C(O)/C=C/CC/C=C/CC/C=C/CCC. The Kier molecular flexibility index (Phi) is 37.5. The van der Waals surface area contributed by atoms with E-state index in [-0.39, 0.29) is 12.5 Å². The highest BCUT2D eigenvalue weighted by atomic mass is 16.7. The number of ether oxygens (including phenoxy) is 2. The lowest BCUT2D eigenvalue weighted by atomic mass is 9.99. The third kappa shape index (κ3) is 31.4. The molecule has 0 aromatic heterocycles. The Balaban J connectivity index is 2.29. The van der Waals surface area contributed by atoms with E-state index in [9.17, 15) is 30.3 Å². The van der Waals surface area contributed by atoms with Crippen LogP contribution in [0.15, 0.2) is 109 Å². The van der Waals surface area contributed by atoms with Gasteiger partial charge in [-0.25, -0.2) is 0 Å². The van der Waals surface area contributed by atoms with Gasteiger partial charge in [-0.1, -0.05) is 168 Å². The minimum atomic E-state index is -1.58. The maximum absolute atomic E-state index is 12.9. The first-order chi connectivity index (χ1) is 29.8. The number of carbonyl (C=O) groups excluding carboxylic acids is 1. The van der Waals surface area contributed by atoms with Gasteiger partial charge in [-0.2, -0.15) is 0 Å². The zero-order valence-corrected chi connectivity index (χ0v) is 37.9. The highest BCUT2D eigenvalue weighted by Gasteiger charge is 2.44. The van der Waals surface area contributed by atoms with Crippen LogP contribution >= 0.6 is 0 Å². The maximum Gasteiger partial charge on any atom is 0.220 e. The molecule has 0 bridgehead atoms. The molecule has 1 heterocycles. The fourth-order valence-electron chi connectivity index (χ4n) is 6.55. The molecule has 0 aliphatic carbocycles. The van der Waals surface area contributed by atoms with E-state index in [1.54, 1.807) is 6.08 Å². The summed E-state index contributed by atoms with van der Waals surface area (Å²) in [7, 11) is 0. The molecule has 1 fully saturated rings. The summed E-state index contributed by atoms with van der Waals surface area (Å²) in [5, 5.41) is 54.1. The van der Waals surface area contributed by atoms with Crippen LogP contribution in [0.4, 0.5) is 0 Å². The van der Waals surface area contributed by atoms with Crippen LogP contribution in [0.2, 0.25) is 0 Å². The van der Waals surface area contributed by atoms with E-state index in [0.29, 0.717) is 6.42 Å². The Morgan fingerprint density at radius 2 is 1.03 bits per heavy atom. The average Bonchev–Trinajstić information content (AvgIpc) is 3.26. The second kappa shape index (κ2) is 40.9. The molecule has 0 radical (unpaired) electrons. The molecule has 0 saturated carbocycles. The molecule has 1 rings (SSSR count). The van der Waals surface area contributed by atoms with Crippen molar-refractivity contribution in [3.05, 3.63) is 109 Å². The number of amides is 1. The molecule has 1 aliphatic rings. The number of nitrogens with one attached hydrogen (secondary N) is 1. The standard InChI is InChI=1S/C52H85NO8/c1-3-5-7-9-11-13-15-16-17-18-19-20-21-22-23-24-25-26-27-28-29-30-32-34-36-38-40-42-48(56)53-45(44-60-52-51(59)50(58)49(57)47(43-54)61-52)46(55)41-39-37-35-33-31-14-12-10-8-6-4-2/h5,7-8,10-11,13,16-17,19-20,22-23,25-26,31,33,39,41,45-47,49-52,54-55,57-59H,3-4,6,9,12,14-15,18,21,24,27-30,32,34-38,40,42-44H2,1-2H3,(H,53,56)/b7-5-,10-8+,13-11-,17-16-,20-19-,23-22-,26-25-,33-31+,41-39+. The number of unbranched alkanes of at least 4 members (excludes halogenated alkanes) is 11. The first kappa shape index (κ1) is 55.9. The van der Waals surface area contributed by atoms with Crippen molar-refractivity contribution in [3.63, 3.8) is 0 Å². The third-order valence-corrected chi connectivity index (χ3v) is 10.3. The molecule has 9 nitrogen and oxygen atoms in total. The van der Waals surface area contributed by atoms with Crippen LogP contribution in [-0.4, -0.2) is 87.5 Å². The Hall–Kier alpha value is -3.15. The van der Waals surface area contributed by atoms with E-state index in [2.05, 4.69) is 116 Å². The van der Waals surface area contributed by atoms with Crippen molar-refractivity contribution in [2.45, 2.75) is 198 Å². The van der Waals surface area contributed by atoms with Gasteiger partial charge in [-0.3, -0.25) is 4.79 Å². The van der Waals surface area contributed by atoms with E-state index < -0.39 is 49.5 Å². The number of aliphatic hydroxyl groups excluding tert-OH is 5. The maximum atomic E-state index is 12.9. The van der Waals surface area contributed by atoms with Crippen LogP contribution in [-0.2, 0) is 14.3 Å². The predicted molar refractivity (Wildman–Crippen MR) is 253 cm³/mol. The van der Waals surface area contributed by atoms with Gasteiger partial charge in [0.2, 0.25) is 5.91 Å². The number of rotatable bonds is 37. The van der Waals surface area contributed by atoms with Gasteiger partial charge in [0.1, 0.15) is 24.4 Å².